The highest BCUT2D eigenvalue weighted by molar-refractivity contribution is 4.92. The van der Waals surface area contributed by atoms with E-state index >= 15 is 0 Å². The van der Waals surface area contributed by atoms with Crippen molar-refractivity contribution in [3.05, 3.63) is 18.2 Å². The molecule has 2 atom stereocenters. The highest BCUT2D eigenvalue weighted by atomic mass is 16.3. The third kappa shape index (κ3) is 3.61. The molecular formula is C12H23N3O. The van der Waals surface area contributed by atoms with Crippen molar-refractivity contribution in [2.45, 2.75) is 46.3 Å². The maximum Gasteiger partial charge on any atom is 0.122 e. The van der Waals surface area contributed by atoms with E-state index in [4.69, 9.17) is 5.11 Å². The Bertz CT molecular complexity index is 298. The molecule has 0 aliphatic rings. The largest absolute Gasteiger partial charge is 0.396 e. The van der Waals surface area contributed by atoms with Gasteiger partial charge in [0.25, 0.3) is 0 Å². The summed E-state index contributed by atoms with van der Waals surface area (Å²) in [7, 11) is 0. The summed E-state index contributed by atoms with van der Waals surface area (Å²) >= 11 is 0. The summed E-state index contributed by atoms with van der Waals surface area (Å²) in [6.45, 7) is 8.29. The lowest BCUT2D eigenvalue weighted by Crippen LogP contribution is -2.34. The van der Waals surface area contributed by atoms with Crippen LogP contribution in [0.1, 0.15) is 33.0 Å². The number of hydrogen-bond donors (Lipinski definition) is 2. The van der Waals surface area contributed by atoms with Crippen molar-refractivity contribution in [3.8, 4) is 0 Å². The van der Waals surface area contributed by atoms with Gasteiger partial charge < -0.3 is 15.0 Å². The number of nitrogens with one attached hydrogen (secondary N) is 1. The van der Waals surface area contributed by atoms with Gasteiger partial charge in [-0.1, -0.05) is 13.8 Å². The second-order valence-electron chi connectivity index (χ2n) is 4.37. The quantitative estimate of drug-likeness (QED) is 0.737. The molecule has 0 saturated heterocycles. The van der Waals surface area contributed by atoms with E-state index in [-0.39, 0.29) is 12.5 Å². The molecule has 4 heteroatoms. The Morgan fingerprint density at radius 1 is 1.50 bits per heavy atom. The van der Waals surface area contributed by atoms with E-state index in [2.05, 4.69) is 28.7 Å². The molecule has 1 aromatic rings. The molecule has 0 saturated carbocycles. The van der Waals surface area contributed by atoms with Gasteiger partial charge in [-0.15, -0.1) is 0 Å². The lowest BCUT2D eigenvalue weighted by atomic mass is 10.1. The van der Waals surface area contributed by atoms with Gasteiger partial charge in [-0.05, 0) is 19.3 Å². The fourth-order valence-corrected chi connectivity index (χ4v) is 1.56. The van der Waals surface area contributed by atoms with E-state index in [1.54, 1.807) is 0 Å². The first kappa shape index (κ1) is 13.2. The predicted octanol–water partition coefficient (Wildman–Crippen LogP) is 1.40. The van der Waals surface area contributed by atoms with Crippen molar-refractivity contribution < 1.29 is 5.11 Å². The maximum atomic E-state index is 9.04. The maximum absolute atomic E-state index is 9.04. The molecule has 4 nitrogen and oxygen atoms in total. The molecule has 0 fully saturated rings. The third-order valence-electron chi connectivity index (χ3n) is 2.99. The summed E-state index contributed by atoms with van der Waals surface area (Å²) in [5.74, 6) is 1.34. The van der Waals surface area contributed by atoms with Crippen LogP contribution in [0.3, 0.4) is 0 Å². The number of aliphatic hydroxyl groups excluding tert-OH is 1. The van der Waals surface area contributed by atoms with Gasteiger partial charge in [0.2, 0.25) is 0 Å². The van der Waals surface area contributed by atoms with Gasteiger partial charge in [0.15, 0.2) is 0 Å². The van der Waals surface area contributed by atoms with Crippen LogP contribution in [0.5, 0.6) is 0 Å². The molecule has 1 heterocycles. The van der Waals surface area contributed by atoms with Crippen LogP contribution in [0.25, 0.3) is 0 Å². The van der Waals surface area contributed by atoms with Crippen molar-refractivity contribution in [3.63, 3.8) is 0 Å². The minimum absolute atomic E-state index is 0.220. The Kier molecular flexibility index (Phi) is 5.49. The topological polar surface area (TPSA) is 50.1 Å². The highest BCUT2D eigenvalue weighted by Gasteiger charge is 2.11. The molecule has 2 unspecified atom stereocenters. The third-order valence-corrected chi connectivity index (χ3v) is 2.99. The minimum atomic E-state index is 0.220. The van der Waals surface area contributed by atoms with Crippen LogP contribution in [0.4, 0.5) is 0 Å². The van der Waals surface area contributed by atoms with E-state index in [1.807, 2.05) is 19.3 Å². The van der Waals surface area contributed by atoms with Gasteiger partial charge in [-0.2, -0.15) is 0 Å². The summed E-state index contributed by atoms with van der Waals surface area (Å²) in [6.07, 6.45) is 4.97. The van der Waals surface area contributed by atoms with Crippen LogP contribution >= 0.6 is 0 Å². The second kappa shape index (κ2) is 6.66. The van der Waals surface area contributed by atoms with Crippen LogP contribution in [0.2, 0.25) is 0 Å². The second-order valence-corrected chi connectivity index (χ2v) is 4.37. The average molecular weight is 225 g/mol. The number of aromatic nitrogens is 2. The molecule has 0 spiro atoms. The molecule has 1 rings (SSSR count). The highest BCUT2D eigenvalue weighted by Crippen LogP contribution is 2.04. The van der Waals surface area contributed by atoms with Crippen LogP contribution in [-0.2, 0) is 13.1 Å². The Morgan fingerprint density at radius 2 is 2.25 bits per heavy atom. The number of hydrogen-bond acceptors (Lipinski definition) is 3. The summed E-state index contributed by atoms with van der Waals surface area (Å²) in [6, 6.07) is 0.303. The van der Waals surface area contributed by atoms with Crippen molar-refractivity contribution >= 4 is 0 Å². The Labute approximate surface area is 97.7 Å². The number of aliphatic hydroxyl groups is 1. The summed E-state index contributed by atoms with van der Waals surface area (Å²) in [4.78, 5) is 4.33. The number of imidazole rings is 1. The molecule has 0 aliphatic carbocycles. The lowest BCUT2D eigenvalue weighted by Gasteiger charge is -2.19. The van der Waals surface area contributed by atoms with Crippen LogP contribution in [-0.4, -0.2) is 27.3 Å². The van der Waals surface area contributed by atoms with E-state index in [1.165, 1.54) is 0 Å². The number of rotatable bonds is 7. The van der Waals surface area contributed by atoms with E-state index in [9.17, 15) is 0 Å². The first-order valence-electron chi connectivity index (χ1n) is 6.03. The van der Waals surface area contributed by atoms with Gasteiger partial charge in [0.05, 0.1) is 6.54 Å². The first-order chi connectivity index (χ1) is 7.69. The van der Waals surface area contributed by atoms with Gasteiger partial charge in [-0.25, -0.2) is 4.98 Å². The van der Waals surface area contributed by atoms with Crippen LogP contribution in [0, 0.1) is 5.92 Å². The zero-order valence-electron chi connectivity index (χ0n) is 10.5. The van der Waals surface area contributed by atoms with Gasteiger partial charge in [0.1, 0.15) is 5.82 Å². The summed E-state index contributed by atoms with van der Waals surface area (Å²) < 4.78 is 2.17. The first-order valence-corrected chi connectivity index (χ1v) is 6.03. The van der Waals surface area contributed by atoms with Gasteiger partial charge >= 0.3 is 0 Å². The molecule has 16 heavy (non-hydrogen) atoms. The molecule has 0 aliphatic heterocycles. The van der Waals surface area contributed by atoms with E-state index in [0.29, 0.717) is 6.04 Å². The monoisotopic (exact) mass is 225 g/mol. The van der Waals surface area contributed by atoms with E-state index in [0.717, 1.165) is 25.3 Å². The Morgan fingerprint density at radius 3 is 2.88 bits per heavy atom. The fourth-order valence-electron chi connectivity index (χ4n) is 1.56. The molecular weight excluding hydrogens is 202 g/mol. The normalized spacial score (nSPS) is 15.0. The minimum Gasteiger partial charge on any atom is -0.396 e. The molecule has 2 N–H and O–H groups in total. The SMILES string of the molecule is CCCn1ccnc1CNC(C)C(C)CO. The molecule has 0 amide bonds. The lowest BCUT2D eigenvalue weighted by molar-refractivity contribution is 0.206. The number of aryl methyl sites for hydroxylation is 1. The predicted molar refractivity (Wildman–Crippen MR) is 65.1 cm³/mol. The molecule has 0 bridgehead atoms. The van der Waals surface area contributed by atoms with Crippen molar-refractivity contribution in [2.75, 3.05) is 6.61 Å². The van der Waals surface area contributed by atoms with Crippen molar-refractivity contribution in [2.24, 2.45) is 5.92 Å². The molecule has 92 valence electrons. The zero-order valence-corrected chi connectivity index (χ0v) is 10.5. The Hall–Kier alpha value is -0.870. The van der Waals surface area contributed by atoms with Crippen molar-refractivity contribution in [1.29, 1.82) is 0 Å². The molecule has 1 aromatic heterocycles. The van der Waals surface area contributed by atoms with Crippen LogP contribution in [0.15, 0.2) is 12.4 Å². The zero-order chi connectivity index (χ0) is 12.0. The number of nitrogens with zero attached hydrogens (tertiary/aromatic N) is 2. The molecule has 0 aromatic carbocycles. The smallest absolute Gasteiger partial charge is 0.122 e. The van der Waals surface area contributed by atoms with Gasteiger partial charge in [0, 0.05) is 31.6 Å². The standard InChI is InChI=1S/C12H23N3O/c1-4-6-15-7-5-13-12(15)8-14-11(3)10(2)9-16/h5,7,10-11,14,16H,4,6,8-9H2,1-3H3. The van der Waals surface area contributed by atoms with Crippen molar-refractivity contribution in [1.82, 2.24) is 14.9 Å². The van der Waals surface area contributed by atoms with E-state index < -0.39 is 0 Å². The average Bonchev–Trinajstić information content (AvgIpc) is 2.73. The summed E-state index contributed by atoms with van der Waals surface area (Å²) in [5, 5.41) is 12.4. The Balaban J connectivity index is 2.44. The van der Waals surface area contributed by atoms with Crippen LogP contribution < -0.4 is 5.32 Å². The summed E-state index contributed by atoms with van der Waals surface area (Å²) in [5.41, 5.74) is 0. The van der Waals surface area contributed by atoms with Gasteiger partial charge in [-0.3, -0.25) is 0 Å². The fraction of sp³-hybridized carbons (Fsp3) is 0.750. The molecule has 0 radical (unpaired) electrons.